The Morgan fingerprint density at radius 1 is 1.10 bits per heavy atom. The van der Waals surface area contributed by atoms with Gasteiger partial charge in [0.25, 0.3) is 0 Å². The Balaban J connectivity index is 1.44. The van der Waals surface area contributed by atoms with E-state index >= 15 is 0 Å². The zero-order valence-corrected chi connectivity index (χ0v) is 18.6. The molecule has 3 heterocycles. The third-order valence-electron chi connectivity index (χ3n) is 6.91. The highest BCUT2D eigenvalue weighted by Crippen LogP contribution is 2.46. The molecule has 1 aliphatic heterocycles. The average Bonchev–Trinajstić information content (AvgIpc) is 2.90. The van der Waals surface area contributed by atoms with Gasteiger partial charge in [-0.2, -0.15) is 0 Å². The lowest BCUT2D eigenvalue weighted by atomic mass is 9.72. The van der Waals surface area contributed by atoms with Gasteiger partial charge in [0.15, 0.2) is 0 Å². The summed E-state index contributed by atoms with van der Waals surface area (Å²) in [7, 11) is 0. The van der Waals surface area contributed by atoms with Gasteiger partial charge in [-0.05, 0) is 91.7 Å². The summed E-state index contributed by atoms with van der Waals surface area (Å²) in [4.78, 5) is 11.5. The fourth-order valence-electron chi connectivity index (χ4n) is 5.41. The number of fused-ring (bicyclic) bond motifs is 2. The number of pyridine rings is 2. The van der Waals surface area contributed by atoms with E-state index in [4.69, 9.17) is 16.6 Å². The van der Waals surface area contributed by atoms with Crippen molar-refractivity contribution in [3.8, 4) is 0 Å². The number of nitrogens with zero attached hydrogens (tertiary/aromatic N) is 3. The fourth-order valence-corrected chi connectivity index (χ4v) is 5.60. The molecule has 0 spiro atoms. The Hall–Kier alpha value is -2.27. The summed E-state index contributed by atoms with van der Waals surface area (Å²) in [5.74, 6) is 0.117. The van der Waals surface area contributed by atoms with Crippen molar-refractivity contribution in [2.24, 2.45) is 5.92 Å². The number of benzene rings is 1. The highest BCUT2D eigenvalue weighted by atomic mass is 35.5. The molecule has 1 aliphatic carbocycles. The molecule has 31 heavy (non-hydrogen) atoms. The second kappa shape index (κ2) is 8.34. The SMILES string of the molecule is Cc1cncc(CN2CCC(C3(O)c4ccc(Cl)cc4CCc4cccnc43)CC2)c1. The number of aromatic nitrogens is 2. The van der Waals surface area contributed by atoms with E-state index in [0.717, 1.165) is 72.7 Å². The van der Waals surface area contributed by atoms with Crippen LogP contribution in [0.3, 0.4) is 0 Å². The van der Waals surface area contributed by atoms with Crippen molar-refractivity contribution in [1.29, 1.82) is 0 Å². The number of likely N-dealkylation sites (tertiary alicyclic amines) is 1. The predicted octanol–water partition coefficient (Wildman–Crippen LogP) is 4.69. The van der Waals surface area contributed by atoms with Crippen LogP contribution in [-0.4, -0.2) is 33.1 Å². The second-order valence-corrected chi connectivity index (χ2v) is 9.44. The fraction of sp³-hybridized carbons (Fsp3) is 0.385. The molecule has 0 amide bonds. The molecule has 0 radical (unpaired) electrons. The van der Waals surface area contributed by atoms with Crippen LogP contribution in [0.2, 0.25) is 5.02 Å². The van der Waals surface area contributed by atoms with Crippen molar-refractivity contribution < 1.29 is 5.11 Å². The zero-order valence-electron chi connectivity index (χ0n) is 17.9. The standard InChI is InChI=1S/C26H28ClN3O/c1-18-13-19(16-28-15-18)17-30-11-8-22(9-12-30)26(31)24-7-6-23(27)14-21(24)5-4-20-3-2-10-29-25(20)26/h2-3,6-7,10,13-16,22,31H,4-5,8-9,11-12,17H2,1H3. The molecule has 160 valence electrons. The lowest BCUT2D eigenvalue weighted by Crippen LogP contribution is -2.45. The number of hydrogen-bond acceptors (Lipinski definition) is 4. The van der Waals surface area contributed by atoms with Crippen molar-refractivity contribution >= 4 is 11.6 Å². The monoisotopic (exact) mass is 433 g/mol. The smallest absolute Gasteiger partial charge is 0.135 e. The van der Waals surface area contributed by atoms with Crippen molar-refractivity contribution in [3.05, 3.63) is 93.5 Å². The van der Waals surface area contributed by atoms with Gasteiger partial charge in [-0.25, -0.2) is 0 Å². The Morgan fingerprint density at radius 3 is 2.71 bits per heavy atom. The van der Waals surface area contributed by atoms with Crippen LogP contribution in [-0.2, 0) is 25.0 Å². The van der Waals surface area contributed by atoms with Crippen LogP contribution < -0.4 is 0 Å². The van der Waals surface area contributed by atoms with E-state index in [1.54, 1.807) is 0 Å². The Kier molecular flexibility index (Phi) is 5.55. The molecule has 2 aromatic heterocycles. The lowest BCUT2D eigenvalue weighted by molar-refractivity contribution is -0.0189. The van der Waals surface area contributed by atoms with Crippen LogP contribution in [0.4, 0.5) is 0 Å². The van der Waals surface area contributed by atoms with E-state index < -0.39 is 5.60 Å². The van der Waals surface area contributed by atoms with E-state index in [2.05, 4.69) is 28.9 Å². The Labute approximate surface area is 188 Å². The maximum atomic E-state index is 12.3. The Morgan fingerprint density at radius 2 is 1.90 bits per heavy atom. The molecular weight excluding hydrogens is 406 g/mol. The van der Waals surface area contributed by atoms with Crippen molar-refractivity contribution in [2.75, 3.05) is 13.1 Å². The number of rotatable bonds is 3. The zero-order chi connectivity index (χ0) is 21.4. The number of piperidine rings is 1. The number of halogens is 1. The van der Waals surface area contributed by atoms with Crippen LogP contribution >= 0.6 is 11.6 Å². The number of aryl methyl sites for hydroxylation is 3. The topological polar surface area (TPSA) is 49.2 Å². The van der Waals surface area contributed by atoms with Crippen LogP contribution in [0, 0.1) is 12.8 Å². The molecule has 1 fully saturated rings. The molecular formula is C26H28ClN3O. The summed E-state index contributed by atoms with van der Waals surface area (Å²) in [6, 6.07) is 12.2. The maximum Gasteiger partial charge on any atom is 0.135 e. The van der Waals surface area contributed by atoms with Crippen LogP contribution in [0.25, 0.3) is 0 Å². The van der Waals surface area contributed by atoms with Gasteiger partial charge in [-0.1, -0.05) is 29.8 Å². The minimum absolute atomic E-state index is 0.117. The first-order chi connectivity index (χ1) is 15.0. The highest BCUT2D eigenvalue weighted by molar-refractivity contribution is 6.30. The molecule has 0 bridgehead atoms. The summed E-state index contributed by atoms with van der Waals surface area (Å²) < 4.78 is 0. The molecule has 1 unspecified atom stereocenters. The van der Waals surface area contributed by atoms with Gasteiger partial charge in [0, 0.05) is 36.1 Å². The average molecular weight is 434 g/mol. The molecule has 3 aromatic rings. The third-order valence-corrected chi connectivity index (χ3v) is 7.15. The largest absolute Gasteiger partial charge is 0.378 e. The van der Waals surface area contributed by atoms with Gasteiger partial charge in [0.1, 0.15) is 5.60 Å². The van der Waals surface area contributed by atoms with E-state index in [-0.39, 0.29) is 5.92 Å². The summed E-state index contributed by atoms with van der Waals surface area (Å²) >= 11 is 6.32. The van der Waals surface area contributed by atoms with Crippen molar-refractivity contribution in [3.63, 3.8) is 0 Å². The lowest BCUT2D eigenvalue weighted by Gasteiger charge is -2.42. The van der Waals surface area contributed by atoms with E-state index in [1.165, 1.54) is 11.1 Å². The molecule has 4 nitrogen and oxygen atoms in total. The Bertz CT molecular complexity index is 1090. The van der Waals surface area contributed by atoms with Crippen LogP contribution in [0.15, 0.2) is 55.0 Å². The van der Waals surface area contributed by atoms with Gasteiger partial charge in [-0.3, -0.25) is 14.9 Å². The van der Waals surface area contributed by atoms with Gasteiger partial charge in [-0.15, -0.1) is 0 Å². The second-order valence-electron chi connectivity index (χ2n) is 9.00. The summed E-state index contributed by atoms with van der Waals surface area (Å²) in [6.07, 6.45) is 9.25. The predicted molar refractivity (Wildman–Crippen MR) is 123 cm³/mol. The molecule has 1 aromatic carbocycles. The first-order valence-corrected chi connectivity index (χ1v) is 11.5. The summed E-state index contributed by atoms with van der Waals surface area (Å²) in [5.41, 5.74) is 5.46. The third kappa shape index (κ3) is 3.89. The number of hydrogen-bond donors (Lipinski definition) is 1. The summed E-state index contributed by atoms with van der Waals surface area (Å²) in [5, 5.41) is 13.1. The molecule has 1 N–H and O–H groups in total. The minimum atomic E-state index is -1.08. The first-order valence-electron chi connectivity index (χ1n) is 11.1. The quantitative estimate of drug-likeness (QED) is 0.651. The van der Waals surface area contributed by atoms with Gasteiger partial charge in [0.05, 0.1) is 5.69 Å². The van der Waals surface area contributed by atoms with Crippen molar-refractivity contribution in [1.82, 2.24) is 14.9 Å². The molecule has 5 rings (SSSR count). The molecule has 1 atom stereocenters. The van der Waals surface area contributed by atoms with E-state index in [9.17, 15) is 5.11 Å². The molecule has 1 saturated heterocycles. The van der Waals surface area contributed by atoms with E-state index in [0.29, 0.717) is 0 Å². The van der Waals surface area contributed by atoms with Crippen LogP contribution in [0.5, 0.6) is 0 Å². The minimum Gasteiger partial charge on any atom is -0.378 e. The van der Waals surface area contributed by atoms with Gasteiger partial charge < -0.3 is 5.11 Å². The first kappa shape index (κ1) is 20.6. The van der Waals surface area contributed by atoms with Gasteiger partial charge in [0.2, 0.25) is 0 Å². The maximum absolute atomic E-state index is 12.3. The molecule has 0 saturated carbocycles. The van der Waals surface area contributed by atoms with E-state index in [1.807, 2.05) is 42.9 Å². The number of aliphatic hydroxyl groups is 1. The highest BCUT2D eigenvalue weighted by Gasteiger charge is 2.46. The molecule has 5 heteroatoms. The molecule has 2 aliphatic rings. The summed E-state index contributed by atoms with van der Waals surface area (Å²) in [6.45, 7) is 4.89. The van der Waals surface area contributed by atoms with Crippen molar-refractivity contribution in [2.45, 2.75) is 44.8 Å². The van der Waals surface area contributed by atoms with Gasteiger partial charge >= 0.3 is 0 Å². The van der Waals surface area contributed by atoms with Crippen LogP contribution in [0.1, 0.15) is 46.4 Å². The normalized spacial score (nSPS) is 21.9.